The lowest BCUT2D eigenvalue weighted by Crippen LogP contribution is -2.27. The Kier molecular flexibility index (Phi) is 30.5. The van der Waals surface area contributed by atoms with Gasteiger partial charge in [0.15, 0.2) is 0 Å². The fraction of sp³-hybridized carbons (Fsp3) is 0.810. The zero-order valence-corrected chi connectivity index (χ0v) is 30.7. The standard InChI is InChI=1S/C42H77NO2/c1-5-7-9-11-13-15-17-19-21-23-25-27-29-31-33-35-37-45-42-39-40(43(3)4)38-41(42)44-36-34-32-30-28-26-24-22-20-18-16-14-12-10-8-6-2/h13-16,19-22,40-42H,5-12,17-18,23-39H2,1-4H3/b15-13-,16-14-,21-19-,22-20-/t40-,41+,42-/m1/s1. The van der Waals surface area contributed by atoms with Crippen molar-refractivity contribution < 1.29 is 9.47 Å². The molecule has 0 bridgehead atoms. The summed E-state index contributed by atoms with van der Waals surface area (Å²) in [5.74, 6) is 0. The summed E-state index contributed by atoms with van der Waals surface area (Å²) in [5.41, 5.74) is 0. The Morgan fingerprint density at radius 1 is 0.444 bits per heavy atom. The minimum atomic E-state index is 0.271. The first kappa shape index (κ1) is 41.9. The summed E-state index contributed by atoms with van der Waals surface area (Å²) < 4.78 is 12.8. The van der Waals surface area contributed by atoms with Gasteiger partial charge in [-0.1, -0.05) is 133 Å². The van der Waals surface area contributed by atoms with E-state index < -0.39 is 0 Å². The molecule has 1 aliphatic carbocycles. The van der Waals surface area contributed by atoms with Gasteiger partial charge in [0, 0.05) is 19.3 Å². The van der Waals surface area contributed by atoms with Crippen molar-refractivity contribution in [1.82, 2.24) is 4.90 Å². The monoisotopic (exact) mass is 628 g/mol. The number of unbranched alkanes of at least 4 members (excludes halogenated alkanes) is 17. The molecule has 0 amide bonds. The highest BCUT2D eigenvalue weighted by Crippen LogP contribution is 2.29. The predicted molar refractivity (Wildman–Crippen MR) is 200 cm³/mol. The van der Waals surface area contributed by atoms with Crippen molar-refractivity contribution in [2.75, 3.05) is 27.3 Å². The van der Waals surface area contributed by atoms with Crippen LogP contribution in [0.1, 0.15) is 174 Å². The Balaban J connectivity index is 2.02. The first-order valence-corrected chi connectivity index (χ1v) is 19.7. The van der Waals surface area contributed by atoms with Crippen LogP contribution in [0.4, 0.5) is 0 Å². The minimum Gasteiger partial charge on any atom is -0.375 e. The fourth-order valence-corrected chi connectivity index (χ4v) is 6.18. The molecule has 0 spiro atoms. The SMILES string of the molecule is CCCCC/C=C\C/C=C\CCCCCCCCO[C@@H]1C[C@H](N(C)C)C[C@@H]1OCCCCCCC/C=C\C/C=C\CCCCC. The maximum Gasteiger partial charge on any atom is 0.0852 e. The van der Waals surface area contributed by atoms with E-state index in [2.05, 4.69) is 81.5 Å². The van der Waals surface area contributed by atoms with Crippen LogP contribution in [-0.4, -0.2) is 50.5 Å². The van der Waals surface area contributed by atoms with E-state index in [1.54, 1.807) is 0 Å². The average Bonchev–Trinajstić information content (AvgIpc) is 3.45. The van der Waals surface area contributed by atoms with Gasteiger partial charge in [-0.05, 0) is 104 Å². The van der Waals surface area contributed by atoms with Gasteiger partial charge in [-0.2, -0.15) is 0 Å². The summed E-state index contributed by atoms with van der Waals surface area (Å²) in [6, 6.07) is 0.584. The van der Waals surface area contributed by atoms with E-state index in [0.29, 0.717) is 6.04 Å². The summed E-state index contributed by atoms with van der Waals surface area (Å²) in [7, 11) is 4.40. The first-order valence-electron chi connectivity index (χ1n) is 19.7. The lowest BCUT2D eigenvalue weighted by atomic mass is 10.1. The van der Waals surface area contributed by atoms with Crippen LogP contribution in [0.5, 0.6) is 0 Å². The van der Waals surface area contributed by atoms with Crippen LogP contribution in [0.15, 0.2) is 48.6 Å². The smallest absolute Gasteiger partial charge is 0.0852 e. The molecule has 0 aromatic heterocycles. The molecule has 0 aromatic carbocycles. The quantitative estimate of drug-likeness (QED) is 0.0547. The van der Waals surface area contributed by atoms with Gasteiger partial charge in [0.2, 0.25) is 0 Å². The van der Waals surface area contributed by atoms with E-state index in [0.717, 1.165) is 38.9 Å². The molecular weight excluding hydrogens is 550 g/mol. The number of hydrogen-bond acceptors (Lipinski definition) is 3. The van der Waals surface area contributed by atoms with Crippen molar-refractivity contribution in [2.45, 2.75) is 193 Å². The van der Waals surface area contributed by atoms with Crippen molar-refractivity contribution in [3.63, 3.8) is 0 Å². The van der Waals surface area contributed by atoms with E-state index in [-0.39, 0.29) is 12.2 Å². The van der Waals surface area contributed by atoms with Crippen LogP contribution in [0.25, 0.3) is 0 Å². The summed E-state index contributed by atoms with van der Waals surface area (Å²) in [4.78, 5) is 2.36. The molecule has 262 valence electrons. The normalized spacial score (nSPS) is 19.2. The van der Waals surface area contributed by atoms with Gasteiger partial charge >= 0.3 is 0 Å². The largest absolute Gasteiger partial charge is 0.375 e. The molecule has 3 atom stereocenters. The van der Waals surface area contributed by atoms with E-state index in [1.807, 2.05) is 0 Å². The van der Waals surface area contributed by atoms with Gasteiger partial charge in [-0.15, -0.1) is 0 Å². The highest BCUT2D eigenvalue weighted by molar-refractivity contribution is 4.94. The highest BCUT2D eigenvalue weighted by Gasteiger charge is 2.36. The summed E-state index contributed by atoms with van der Waals surface area (Å²) in [6.07, 6.45) is 51.0. The third-order valence-electron chi connectivity index (χ3n) is 9.26. The summed E-state index contributed by atoms with van der Waals surface area (Å²) in [6.45, 7) is 6.31. The molecular formula is C42H77NO2. The molecule has 1 saturated carbocycles. The average molecular weight is 628 g/mol. The second-order valence-corrected chi connectivity index (χ2v) is 13.7. The molecule has 3 heteroatoms. The van der Waals surface area contributed by atoms with Crippen LogP contribution in [0.2, 0.25) is 0 Å². The third-order valence-corrected chi connectivity index (χ3v) is 9.26. The number of rotatable bonds is 32. The molecule has 1 rings (SSSR count). The zero-order chi connectivity index (χ0) is 32.5. The molecule has 1 aliphatic rings. The summed E-state index contributed by atoms with van der Waals surface area (Å²) in [5, 5.41) is 0. The highest BCUT2D eigenvalue weighted by atomic mass is 16.5. The molecule has 3 nitrogen and oxygen atoms in total. The van der Waals surface area contributed by atoms with Crippen molar-refractivity contribution >= 4 is 0 Å². The second-order valence-electron chi connectivity index (χ2n) is 13.7. The molecule has 0 N–H and O–H groups in total. The van der Waals surface area contributed by atoms with Crippen molar-refractivity contribution in [3.05, 3.63) is 48.6 Å². The lowest BCUT2D eigenvalue weighted by molar-refractivity contribution is -0.0578. The Bertz CT molecular complexity index is 724. The van der Waals surface area contributed by atoms with E-state index in [4.69, 9.17) is 9.47 Å². The number of ether oxygens (including phenoxy) is 2. The molecule has 0 aliphatic heterocycles. The molecule has 0 saturated heterocycles. The zero-order valence-electron chi connectivity index (χ0n) is 30.7. The Hall–Kier alpha value is -1.16. The molecule has 0 heterocycles. The minimum absolute atomic E-state index is 0.271. The lowest BCUT2D eigenvalue weighted by Gasteiger charge is -2.20. The molecule has 45 heavy (non-hydrogen) atoms. The van der Waals surface area contributed by atoms with Gasteiger partial charge in [0.05, 0.1) is 12.2 Å². The van der Waals surface area contributed by atoms with Crippen LogP contribution in [-0.2, 0) is 9.47 Å². The molecule has 0 radical (unpaired) electrons. The fourth-order valence-electron chi connectivity index (χ4n) is 6.18. The third kappa shape index (κ3) is 26.6. The van der Waals surface area contributed by atoms with E-state index >= 15 is 0 Å². The van der Waals surface area contributed by atoms with E-state index in [1.165, 1.54) is 135 Å². The van der Waals surface area contributed by atoms with Gasteiger partial charge in [0.25, 0.3) is 0 Å². The van der Waals surface area contributed by atoms with Gasteiger partial charge in [-0.3, -0.25) is 0 Å². The van der Waals surface area contributed by atoms with Crippen molar-refractivity contribution in [1.29, 1.82) is 0 Å². The topological polar surface area (TPSA) is 21.7 Å². The van der Waals surface area contributed by atoms with Gasteiger partial charge < -0.3 is 14.4 Å². The number of allylic oxidation sites excluding steroid dienone is 8. The number of hydrogen-bond donors (Lipinski definition) is 0. The maximum atomic E-state index is 6.42. The summed E-state index contributed by atoms with van der Waals surface area (Å²) >= 11 is 0. The van der Waals surface area contributed by atoms with Crippen LogP contribution in [0.3, 0.4) is 0 Å². The Labute approximate surface area is 282 Å². The van der Waals surface area contributed by atoms with Gasteiger partial charge in [0.1, 0.15) is 0 Å². The van der Waals surface area contributed by atoms with E-state index in [9.17, 15) is 0 Å². The second kappa shape index (κ2) is 32.8. The van der Waals surface area contributed by atoms with Crippen LogP contribution < -0.4 is 0 Å². The number of nitrogens with zero attached hydrogens (tertiary/aromatic N) is 1. The predicted octanol–water partition coefficient (Wildman–Crippen LogP) is 12.7. The molecule has 0 aromatic rings. The van der Waals surface area contributed by atoms with Crippen LogP contribution >= 0.6 is 0 Å². The van der Waals surface area contributed by atoms with Crippen LogP contribution in [0, 0.1) is 0 Å². The Morgan fingerprint density at radius 2 is 0.778 bits per heavy atom. The first-order chi connectivity index (χ1) is 22.2. The van der Waals surface area contributed by atoms with Crippen molar-refractivity contribution in [2.24, 2.45) is 0 Å². The van der Waals surface area contributed by atoms with Crippen molar-refractivity contribution in [3.8, 4) is 0 Å². The molecule has 1 fully saturated rings. The molecule has 0 unspecified atom stereocenters. The Morgan fingerprint density at radius 3 is 1.13 bits per heavy atom. The van der Waals surface area contributed by atoms with Gasteiger partial charge in [-0.25, -0.2) is 0 Å². The maximum absolute atomic E-state index is 6.42.